The highest BCUT2D eigenvalue weighted by molar-refractivity contribution is 6.31. The molecule has 3 heterocycles. The number of imidazole rings is 1. The van der Waals surface area contributed by atoms with Crippen molar-refractivity contribution >= 4 is 58.0 Å². The van der Waals surface area contributed by atoms with Crippen LogP contribution in [0.5, 0.6) is 0 Å². The molecule has 7 N–H and O–H groups in total. The van der Waals surface area contributed by atoms with Crippen molar-refractivity contribution in [2.75, 3.05) is 44.6 Å². The number of carbonyl (C=O) groups is 3. The van der Waals surface area contributed by atoms with Crippen molar-refractivity contribution in [2.24, 2.45) is 0 Å². The van der Waals surface area contributed by atoms with Crippen molar-refractivity contribution in [3.8, 4) is 0 Å². The first-order valence-electron chi connectivity index (χ1n) is 18.6. The van der Waals surface area contributed by atoms with Crippen LogP contribution in [0.25, 0.3) is 11.2 Å². The van der Waals surface area contributed by atoms with Crippen molar-refractivity contribution in [3.05, 3.63) is 81.9 Å². The third kappa shape index (κ3) is 10.4. The van der Waals surface area contributed by atoms with Crippen molar-refractivity contribution < 1.29 is 29.3 Å². The van der Waals surface area contributed by atoms with Crippen molar-refractivity contribution in [1.82, 2.24) is 45.7 Å². The first-order valence-corrected chi connectivity index (χ1v) is 19.4. The van der Waals surface area contributed by atoms with Crippen LogP contribution in [-0.4, -0.2) is 122 Å². The van der Waals surface area contributed by atoms with Crippen molar-refractivity contribution in [2.45, 2.75) is 77.2 Å². The summed E-state index contributed by atoms with van der Waals surface area (Å²) in [5, 5.41) is 37.1. The number of aromatic nitrogens is 4. The highest BCUT2D eigenvalue weighted by Crippen LogP contribution is 2.34. The van der Waals surface area contributed by atoms with Gasteiger partial charge in [-0.25, -0.2) is 19.7 Å². The number of amides is 4. The molecule has 0 unspecified atom stereocenters. The Balaban J connectivity index is 1.38. The lowest BCUT2D eigenvalue weighted by Crippen LogP contribution is -2.45. The van der Waals surface area contributed by atoms with E-state index in [-0.39, 0.29) is 54.4 Å². The Morgan fingerprint density at radius 1 is 0.875 bits per heavy atom. The SMILES string of the molecule is CCNC(=O)[C@H]1O[C@@H](n2cnc3c(NCC(c4cccc(Cl)c4)c4cccc(Cl)c4)nc(C(=O)NCCNC(=O)NCCN(C(C)C)C(C)C)nc32)[C@@H](O)[C@@H]1O. The molecule has 5 rings (SSSR count). The number of nitrogens with zero attached hydrogens (tertiary/aromatic N) is 5. The summed E-state index contributed by atoms with van der Waals surface area (Å²) in [6.07, 6.45) is -4.38. The molecule has 1 saturated heterocycles. The normalized spacial score (nSPS) is 18.2. The minimum absolute atomic E-state index is 0.0657. The van der Waals surface area contributed by atoms with Crippen LogP contribution in [0.15, 0.2) is 54.9 Å². The van der Waals surface area contributed by atoms with Gasteiger partial charge in [0, 0.05) is 67.3 Å². The van der Waals surface area contributed by atoms with Gasteiger partial charge in [-0.05, 0) is 70.0 Å². The van der Waals surface area contributed by atoms with Gasteiger partial charge in [-0.15, -0.1) is 0 Å². The molecule has 2 aromatic carbocycles. The summed E-state index contributed by atoms with van der Waals surface area (Å²) >= 11 is 12.8. The number of rotatable bonds is 17. The summed E-state index contributed by atoms with van der Waals surface area (Å²) in [7, 11) is 0. The molecule has 302 valence electrons. The van der Waals surface area contributed by atoms with Gasteiger partial charge in [-0.1, -0.05) is 47.5 Å². The van der Waals surface area contributed by atoms with Crippen LogP contribution in [0.3, 0.4) is 0 Å². The molecule has 0 bridgehead atoms. The second kappa shape index (κ2) is 19.5. The van der Waals surface area contributed by atoms with E-state index >= 15 is 0 Å². The molecular weight excluding hydrogens is 763 g/mol. The van der Waals surface area contributed by atoms with E-state index in [0.29, 0.717) is 41.8 Å². The molecule has 1 fully saturated rings. The topological polar surface area (TPSA) is 208 Å². The number of hydrogen-bond acceptors (Lipinski definition) is 11. The summed E-state index contributed by atoms with van der Waals surface area (Å²) in [6.45, 7) is 12.0. The zero-order valence-corrected chi connectivity index (χ0v) is 33.5. The van der Waals surface area contributed by atoms with Gasteiger partial charge in [-0.2, -0.15) is 0 Å². The molecule has 0 radical (unpaired) electrons. The minimum Gasteiger partial charge on any atom is -0.387 e. The van der Waals surface area contributed by atoms with Crippen LogP contribution in [0.2, 0.25) is 10.0 Å². The molecular formula is C38H50Cl2N10O6. The average molecular weight is 814 g/mol. The number of nitrogens with one attached hydrogen (secondary N) is 5. The first kappa shape index (κ1) is 42.6. The summed E-state index contributed by atoms with van der Waals surface area (Å²) in [5.41, 5.74) is 2.11. The summed E-state index contributed by atoms with van der Waals surface area (Å²) in [4.78, 5) is 54.5. The standard InChI is InChI=1S/C38H50Cl2N10O6/c1-6-41-35(53)31-29(51)30(52)37(56-31)50-20-46-28-32(45-19-27(23-9-7-11-25(39)17-23)24-10-8-12-26(40)18-24)47-33(48-34(28)50)36(54)42-13-14-43-38(55)44-15-16-49(21(2)3)22(4)5/h7-12,17-18,20-22,27,29-31,37,51-52H,6,13-16,19H2,1-5H3,(H,41,53)(H,42,54)(H2,43,44,55)(H,45,47,48)/t29-,30-,31-,37+/m0/s1. The zero-order chi connectivity index (χ0) is 40.5. The van der Waals surface area contributed by atoms with Gasteiger partial charge in [0.2, 0.25) is 5.82 Å². The minimum atomic E-state index is -1.54. The van der Waals surface area contributed by atoms with Crippen LogP contribution in [0, 0.1) is 0 Å². The fraction of sp³-hybridized carbons (Fsp3) is 0.474. The van der Waals surface area contributed by atoms with E-state index in [4.69, 9.17) is 27.9 Å². The highest BCUT2D eigenvalue weighted by atomic mass is 35.5. The fourth-order valence-electron chi connectivity index (χ4n) is 6.69. The average Bonchev–Trinajstić information content (AvgIpc) is 3.71. The van der Waals surface area contributed by atoms with Gasteiger partial charge < -0.3 is 41.5 Å². The first-order chi connectivity index (χ1) is 26.8. The number of aliphatic hydroxyl groups excluding tert-OH is 2. The molecule has 1 aliphatic rings. The summed E-state index contributed by atoms with van der Waals surface area (Å²) < 4.78 is 7.20. The number of likely N-dealkylation sites (N-methyl/N-ethyl adjacent to an activating group) is 1. The lowest BCUT2D eigenvalue weighted by atomic mass is 9.91. The Morgan fingerprint density at radius 3 is 2.11 bits per heavy atom. The van der Waals surface area contributed by atoms with Crippen LogP contribution in [0.4, 0.5) is 10.6 Å². The lowest BCUT2D eigenvalue weighted by molar-refractivity contribution is -0.137. The van der Waals surface area contributed by atoms with Gasteiger partial charge >= 0.3 is 6.03 Å². The second-order valence-electron chi connectivity index (χ2n) is 14.0. The van der Waals surface area contributed by atoms with Crippen LogP contribution >= 0.6 is 23.2 Å². The maximum absolute atomic E-state index is 13.6. The highest BCUT2D eigenvalue weighted by Gasteiger charge is 2.47. The maximum atomic E-state index is 13.6. The molecule has 2 aromatic heterocycles. The number of aliphatic hydroxyl groups is 2. The number of halogens is 2. The number of benzene rings is 2. The quantitative estimate of drug-likeness (QED) is 0.0771. The van der Waals surface area contributed by atoms with Crippen molar-refractivity contribution in [1.29, 1.82) is 0 Å². The van der Waals surface area contributed by atoms with Crippen LogP contribution in [-0.2, 0) is 9.53 Å². The molecule has 0 spiro atoms. The molecule has 1 aliphatic heterocycles. The van der Waals surface area contributed by atoms with Gasteiger partial charge in [-0.3, -0.25) is 19.1 Å². The predicted molar refractivity (Wildman–Crippen MR) is 214 cm³/mol. The van der Waals surface area contributed by atoms with Crippen molar-refractivity contribution in [3.63, 3.8) is 0 Å². The Hall–Kier alpha value is -4.58. The van der Waals surface area contributed by atoms with E-state index in [1.54, 1.807) is 19.1 Å². The zero-order valence-electron chi connectivity index (χ0n) is 32.0. The molecule has 16 nitrogen and oxygen atoms in total. The largest absolute Gasteiger partial charge is 0.387 e. The monoisotopic (exact) mass is 812 g/mol. The van der Waals surface area contributed by atoms with E-state index in [9.17, 15) is 24.6 Å². The van der Waals surface area contributed by atoms with E-state index in [1.807, 2.05) is 36.4 Å². The van der Waals surface area contributed by atoms with E-state index in [1.165, 1.54) is 10.9 Å². The van der Waals surface area contributed by atoms with E-state index in [2.05, 4.69) is 74.1 Å². The molecule has 4 amide bonds. The molecule has 0 aliphatic carbocycles. The van der Waals surface area contributed by atoms with E-state index < -0.39 is 36.4 Å². The number of urea groups is 1. The molecule has 18 heteroatoms. The molecule has 56 heavy (non-hydrogen) atoms. The van der Waals surface area contributed by atoms with Gasteiger partial charge in [0.15, 0.2) is 29.3 Å². The third-order valence-electron chi connectivity index (χ3n) is 9.40. The Bertz CT molecular complexity index is 1930. The third-order valence-corrected chi connectivity index (χ3v) is 9.87. The van der Waals surface area contributed by atoms with Gasteiger partial charge in [0.25, 0.3) is 11.8 Å². The Labute approximate surface area is 335 Å². The predicted octanol–water partition coefficient (Wildman–Crippen LogP) is 3.28. The lowest BCUT2D eigenvalue weighted by Gasteiger charge is -2.30. The molecule has 4 aromatic rings. The second-order valence-corrected chi connectivity index (χ2v) is 14.8. The van der Waals surface area contributed by atoms with Crippen LogP contribution in [0.1, 0.15) is 68.5 Å². The van der Waals surface area contributed by atoms with Crippen LogP contribution < -0.4 is 26.6 Å². The van der Waals surface area contributed by atoms with E-state index in [0.717, 1.165) is 11.1 Å². The van der Waals surface area contributed by atoms with Gasteiger partial charge in [0.1, 0.15) is 12.2 Å². The maximum Gasteiger partial charge on any atom is 0.314 e. The number of anilines is 1. The number of ether oxygens (including phenoxy) is 1. The summed E-state index contributed by atoms with van der Waals surface area (Å²) in [5.74, 6) is -1.57. The Morgan fingerprint density at radius 2 is 1.50 bits per heavy atom. The molecule has 0 saturated carbocycles. The smallest absolute Gasteiger partial charge is 0.314 e. The molecule has 4 atom stereocenters. The summed E-state index contributed by atoms with van der Waals surface area (Å²) in [6, 6.07) is 15.2. The number of fused-ring (bicyclic) bond motifs is 1. The number of hydrogen-bond donors (Lipinski definition) is 7. The number of carbonyl (C=O) groups excluding carboxylic acids is 3. The fourth-order valence-corrected chi connectivity index (χ4v) is 7.08. The van der Waals surface area contributed by atoms with Gasteiger partial charge in [0.05, 0.1) is 6.33 Å². The Kier molecular flexibility index (Phi) is 14.8.